The molecule has 1 unspecified atom stereocenters. The van der Waals surface area contributed by atoms with Crippen LogP contribution in [-0.4, -0.2) is 19.5 Å². The Morgan fingerprint density at radius 3 is 2.39 bits per heavy atom. The molecular formula is C20H23ClFNO4S. The second-order valence-electron chi connectivity index (χ2n) is 6.53. The van der Waals surface area contributed by atoms with E-state index < -0.39 is 27.9 Å². The fourth-order valence-electron chi connectivity index (χ4n) is 2.86. The van der Waals surface area contributed by atoms with E-state index in [0.29, 0.717) is 29.8 Å². The maximum absolute atomic E-state index is 13.6. The number of rotatable bonds is 11. The first-order valence-corrected chi connectivity index (χ1v) is 10.9. The monoisotopic (exact) mass is 427 g/mol. The summed E-state index contributed by atoms with van der Waals surface area (Å²) in [5.74, 6) is -1.26. The van der Waals surface area contributed by atoms with Gasteiger partial charge in [0.1, 0.15) is 5.82 Å². The van der Waals surface area contributed by atoms with Gasteiger partial charge in [-0.1, -0.05) is 43.0 Å². The molecule has 0 fully saturated rings. The third-order valence-corrected chi connectivity index (χ3v) is 6.05. The van der Waals surface area contributed by atoms with Crippen LogP contribution >= 0.6 is 11.6 Å². The van der Waals surface area contributed by atoms with E-state index in [2.05, 4.69) is 4.72 Å². The van der Waals surface area contributed by atoms with Crippen LogP contribution in [0, 0.1) is 5.82 Å². The second kappa shape index (κ2) is 10.5. The van der Waals surface area contributed by atoms with Crippen molar-refractivity contribution in [1.29, 1.82) is 0 Å². The first-order valence-electron chi connectivity index (χ1n) is 9.03. The summed E-state index contributed by atoms with van der Waals surface area (Å²) >= 11 is 5.82. The number of benzene rings is 2. The lowest BCUT2D eigenvalue weighted by Gasteiger charge is -2.19. The Morgan fingerprint density at radius 2 is 1.75 bits per heavy atom. The number of sulfonamides is 1. The fourth-order valence-corrected chi connectivity index (χ4v) is 4.25. The molecule has 0 heterocycles. The van der Waals surface area contributed by atoms with E-state index in [4.69, 9.17) is 16.7 Å². The zero-order valence-electron chi connectivity index (χ0n) is 15.3. The molecule has 0 saturated carbocycles. The van der Waals surface area contributed by atoms with Crippen molar-refractivity contribution in [2.45, 2.75) is 49.5 Å². The average Bonchev–Trinajstić information content (AvgIpc) is 2.63. The Bertz CT molecular complexity index is 887. The van der Waals surface area contributed by atoms with Gasteiger partial charge >= 0.3 is 5.97 Å². The topological polar surface area (TPSA) is 83.5 Å². The van der Waals surface area contributed by atoms with Crippen LogP contribution in [0.3, 0.4) is 0 Å². The first kappa shape index (κ1) is 22.3. The van der Waals surface area contributed by atoms with Crippen molar-refractivity contribution in [1.82, 2.24) is 4.72 Å². The molecule has 28 heavy (non-hydrogen) atoms. The molecule has 0 aliphatic rings. The van der Waals surface area contributed by atoms with Gasteiger partial charge in [-0.15, -0.1) is 0 Å². The predicted molar refractivity (Wildman–Crippen MR) is 106 cm³/mol. The van der Waals surface area contributed by atoms with Crippen LogP contribution in [-0.2, 0) is 14.8 Å². The Morgan fingerprint density at radius 1 is 1.07 bits per heavy atom. The van der Waals surface area contributed by atoms with Crippen molar-refractivity contribution in [3.63, 3.8) is 0 Å². The Labute approximate surface area is 169 Å². The average molecular weight is 428 g/mol. The number of halogens is 2. The standard InChI is InChI=1S/C20H23ClFNO4S/c21-16-10-12-18(13-11-16)28(26,27)23-19(15-6-5-7-17(22)14-15)8-3-1-2-4-9-20(24)25/h5-7,10-14,19,23H,1-4,8-9H2,(H,24,25). The highest BCUT2D eigenvalue weighted by Crippen LogP contribution is 2.24. The Kier molecular flexibility index (Phi) is 8.41. The van der Waals surface area contributed by atoms with Crippen molar-refractivity contribution in [2.75, 3.05) is 0 Å². The zero-order valence-corrected chi connectivity index (χ0v) is 16.8. The van der Waals surface area contributed by atoms with Gasteiger partial charge in [0.05, 0.1) is 4.90 Å². The molecule has 8 heteroatoms. The molecule has 1 atom stereocenters. The smallest absolute Gasteiger partial charge is 0.303 e. The molecule has 0 aromatic heterocycles. The summed E-state index contributed by atoms with van der Waals surface area (Å²) in [6.45, 7) is 0. The van der Waals surface area contributed by atoms with Crippen LogP contribution in [0.15, 0.2) is 53.4 Å². The van der Waals surface area contributed by atoms with Crippen molar-refractivity contribution >= 4 is 27.6 Å². The molecule has 0 aliphatic heterocycles. The second-order valence-corrected chi connectivity index (χ2v) is 8.68. The number of carboxylic acids is 1. The number of hydrogen-bond donors (Lipinski definition) is 2. The van der Waals surface area contributed by atoms with Crippen LogP contribution in [0.4, 0.5) is 4.39 Å². The number of aliphatic carboxylic acids is 1. The summed E-state index contributed by atoms with van der Waals surface area (Å²) in [5.41, 5.74) is 0.545. The van der Waals surface area contributed by atoms with E-state index in [9.17, 15) is 17.6 Å². The molecular weight excluding hydrogens is 405 g/mol. The summed E-state index contributed by atoms with van der Waals surface area (Å²) in [6, 6.07) is 11.1. The molecule has 0 bridgehead atoms. The number of hydrogen-bond acceptors (Lipinski definition) is 3. The van der Waals surface area contributed by atoms with Crippen molar-refractivity contribution in [3.8, 4) is 0 Å². The normalized spacial score (nSPS) is 12.6. The molecule has 0 aliphatic carbocycles. The molecule has 2 aromatic carbocycles. The van der Waals surface area contributed by atoms with Gasteiger partial charge in [-0.25, -0.2) is 17.5 Å². The van der Waals surface area contributed by atoms with Crippen molar-refractivity contribution < 1.29 is 22.7 Å². The van der Waals surface area contributed by atoms with Gasteiger partial charge in [-0.05, 0) is 54.8 Å². The fraction of sp³-hybridized carbons (Fsp3) is 0.350. The van der Waals surface area contributed by atoms with E-state index in [1.807, 2.05) is 0 Å². The lowest BCUT2D eigenvalue weighted by Crippen LogP contribution is -2.28. The molecule has 0 radical (unpaired) electrons. The van der Waals surface area contributed by atoms with Crippen LogP contribution in [0.1, 0.15) is 50.1 Å². The minimum absolute atomic E-state index is 0.0831. The minimum Gasteiger partial charge on any atom is -0.481 e. The molecule has 0 amide bonds. The van der Waals surface area contributed by atoms with Crippen LogP contribution < -0.4 is 4.72 Å². The largest absolute Gasteiger partial charge is 0.481 e. The maximum Gasteiger partial charge on any atom is 0.303 e. The highest BCUT2D eigenvalue weighted by atomic mass is 35.5. The highest BCUT2D eigenvalue weighted by Gasteiger charge is 2.21. The van der Waals surface area contributed by atoms with Gasteiger partial charge in [-0.3, -0.25) is 4.79 Å². The minimum atomic E-state index is -3.80. The summed E-state index contributed by atoms with van der Waals surface area (Å²) < 4.78 is 41.7. The van der Waals surface area contributed by atoms with Gasteiger partial charge < -0.3 is 5.11 Å². The number of nitrogens with one attached hydrogen (secondary N) is 1. The molecule has 2 aromatic rings. The third kappa shape index (κ3) is 7.22. The number of unbranched alkanes of at least 4 members (excludes halogenated alkanes) is 3. The van der Waals surface area contributed by atoms with Crippen LogP contribution in [0.2, 0.25) is 5.02 Å². The summed E-state index contributed by atoms with van der Waals surface area (Å²) in [5, 5.41) is 9.10. The molecule has 0 saturated heterocycles. The molecule has 0 spiro atoms. The Balaban J connectivity index is 2.08. The first-order chi connectivity index (χ1) is 13.3. The van der Waals surface area contributed by atoms with Gasteiger partial charge in [0.15, 0.2) is 0 Å². The van der Waals surface area contributed by atoms with E-state index in [1.54, 1.807) is 12.1 Å². The van der Waals surface area contributed by atoms with E-state index in [1.165, 1.54) is 36.4 Å². The van der Waals surface area contributed by atoms with Crippen molar-refractivity contribution in [3.05, 3.63) is 64.9 Å². The third-order valence-electron chi connectivity index (χ3n) is 4.31. The van der Waals surface area contributed by atoms with Gasteiger partial charge in [0, 0.05) is 17.5 Å². The number of carboxylic acid groups (broad SMARTS) is 1. The van der Waals surface area contributed by atoms with Gasteiger partial charge in [-0.2, -0.15) is 0 Å². The van der Waals surface area contributed by atoms with E-state index >= 15 is 0 Å². The lowest BCUT2D eigenvalue weighted by atomic mass is 10.0. The quantitative estimate of drug-likeness (QED) is 0.498. The zero-order chi connectivity index (χ0) is 20.6. The van der Waals surface area contributed by atoms with E-state index in [0.717, 1.165) is 12.8 Å². The molecule has 2 rings (SSSR count). The van der Waals surface area contributed by atoms with Crippen LogP contribution in [0.25, 0.3) is 0 Å². The van der Waals surface area contributed by atoms with Crippen molar-refractivity contribution in [2.24, 2.45) is 0 Å². The number of carbonyl (C=O) groups is 1. The summed E-state index contributed by atoms with van der Waals surface area (Å²) in [4.78, 5) is 10.6. The maximum atomic E-state index is 13.6. The molecule has 152 valence electrons. The molecule has 2 N–H and O–H groups in total. The van der Waals surface area contributed by atoms with Gasteiger partial charge in [0.2, 0.25) is 10.0 Å². The highest BCUT2D eigenvalue weighted by molar-refractivity contribution is 7.89. The molecule has 5 nitrogen and oxygen atoms in total. The van der Waals surface area contributed by atoms with Crippen LogP contribution in [0.5, 0.6) is 0 Å². The SMILES string of the molecule is O=C(O)CCCCCCC(NS(=O)(=O)c1ccc(Cl)cc1)c1cccc(F)c1. The predicted octanol–water partition coefficient (Wildman–Crippen LogP) is 4.92. The lowest BCUT2D eigenvalue weighted by molar-refractivity contribution is -0.137. The summed E-state index contributed by atoms with van der Waals surface area (Å²) in [6.07, 6.45) is 3.37. The van der Waals surface area contributed by atoms with E-state index in [-0.39, 0.29) is 11.3 Å². The van der Waals surface area contributed by atoms with Gasteiger partial charge in [0.25, 0.3) is 0 Å². The summed E-state index contributed by atoms with van der Waals surface area (Å²) in [7, 11) is -3.80. The Hall–Kier alpha value is -1.96.